The normalized spacial score (nSPS) is 11.4. The highest BCUT2D eigenvalue weighted by Gasteiger charge is 2.12. The zero-order chi connectivity index (χ0) is 18.2. The fourth-order valence-electron chi connectivity index (χ4n) is 3.04. The van der Waals surface area contributed by atoms with Crippen molar-refractivity contribution in [1.82, 2.24) is 29.1 Å². The van der Waals surface area contributed by atoms with Crippen molar-refractivity contribution in [3.8, 4) is 11.4 Å². The standard InChI is InChI=1S/C19H14N6OS/c26-18-15-12-21-19-22-17(13-3-7-20-8-4-13)23-25(19)16(15)6-10-24(18)9-5-14-2-1-11-27-14/h1-4,6-8,10-12H,5,9H2. The van der Waals surface area contributed by atoms with Crippen molar-refractivity contribution >= 4 is 28.0 Å². The van der Waals surface area contributed by atoms with Crippen LogP contribution in [0.2, 0.25) is 0 Å². The molecule has 5 rings (SSSR count). The fourth-order valence-corrected chi connectivity index (χ4v) is 3.74. The third-order valence-electron chi connectivity index (χ3n) is 4.42. The van der Waals surface area contributed by atoms with Crippen molar-refractivity contribution in [3.63, 3.8) is 0 Å². The van der Waals surface area contributed by atoms with Crippen LogP contribution in [0.15, 0.2) is 65.3 Å². The van der Waals surface area contributed by atoms with Gasteiger partial charge in [-0.25, -0.2) is 4.98 Å². The molecule has 7 nitrogen and oxygen atoms in total. The van der Waals surface area contributed by atoms with Crippen LogP contribution in [-0.2, 0) is 13.0 Å². The highest BCUT2D eigenvalue weighted by Crippen LogP contribution is 2.17. The van der Waals surface area contributed by atoms with Crippen molar-refractivity contribution in [1.29, 1.82) is 0 Å². The molecule has 132 valence electrons. The topological polar surface area (TPSA) is 78.0 Å². The van der Waals surface area contributed by atoms with Gasteiger partial charge in [0.15, 0.2) is 5.82 Å². The minimum atomic E-state index is -0.0700. The smallest absolute Gasteiger partial charge is 0.261 e. The van der Waals surface area contributed by atoms with E-state index in [-0.39, 0.29) is 5.56 Å². The average Bonchev–Trinajstić information content (AvgIpc) is 3.38. The molecular weight excluding hydrogens is 360 g/mol. The number of rotatable bonds is 4. The fraction of sp³-hybridized carbons (Fsp3) is 0.105. The third kappa shape index (κ3) is 2.80. The van der Waals surface area contributed by atoms with Gasteiger partial charge in [0.05, 0.1) is 10.9 Å². The summed E-state index contributed by atoms with van der Waals surface area (Å²) in [7, 11) is 0. The second kappa shape index (κ2) is 6.40. The van der Waals surface area contributed by atoms with Crippen LogP contribution in [0, 0.1) is 0 Å². The van der Waals surface area contributed by atoms with E-state index in [1.165, 1.54) is 4.88 Å². The van der Waals surface area contributed by atoms with Gasteiger partial charge >= 0.3 is 0 Å². The summed E-state index contributed by atoms with van der Waals surface area (Å²) in [5.74, 6) is 1.02. The predicted molar refractivity (Wildman–Crippen MR) is 104 cm³/mol. The van der Waals surface area contributed by atoms with Crippen molar-refractivity contribution in [3.05, 3.63) is 75.7 Å². The van der Waals surface area contributed by atoms with Crippen LogP contribution in [0.3, 0.4) is 0 Å². The molecule has 0 aromatic carbocycles. The second-order valence-corrected chi connectivity index (χ2v) is 7.12. The van der Waals surface area contributed by atoms with Crippen LogP contribution in [-0.4, -0.2) is 29.1 Å². The molecule has 0 atom stereocenters. The molecule has 0 saturated carbocycles. The molecule has 0 radical (unpaired) electrons. The van der Waals surface area contributed by atoms with Crippen molar-refractivity contribution in [2.45, 2.75) is 13.0 Å². The summed E-state index contributed by atoms with van der Waals surface area (Å²) in [5.41, 5.74) is 1.48. The Morgan fingerprint density at radius 1 is 1.11 bits per heavy atom. The number of hydrogen-bond donors (Lipinski definition) is 0. The van der Waals surface area contributed by atoms with E-state index in [0.717, 1.165) is 12.0 Å². The van der Waals surface area contributed by atoms with Gasteiger partial charge in [0.25, 0.3) is 11.3 Å². The third-order valence-corrected chi connectivity index (χ3v) is 5.36. The first-order chi connectivity index (χ1) is 13.3. The van der Waals surface area contributed by atoms with Crippen LogP contribution in [0.1, 0.15) is 4.88 Å². The van der Waals surface area contributed by atoms with E-state index < -0.39 is 0 Å². The molecule has 0 N–H and O–H groups in total. The number of nitrogens with zero attached hydrogens (tertiary/aromatic N) is 6. The highest BCUT2D eigenvalue weighted by molar-refractivity contribution is 7.09. The molecule has 0 aliphatic rings. The Balaban J connectivity index is 1.58. The van der Waals surface area contributed by atoms with E-state index >= 15 is 0 Å². The lowest BCUT2D eigenvalue weighted by Gasteiger charge is -2.06. The van der Waals surface area contributed by atoms with E-state index in [2.05, 4.69) is 26.1 Å². The molecule has 0 aliphatic carbocycles. The van der Waals surface area contributed by atoms with Gasteiger partial charge in [-0.2, -0.15) is 9.50 Å². The van der Waals surface area contributed by atoms with Crippen LogP contribution >= 0.6 is 11.3 Å². The predicted octanol–water partition coefficient (Wildman–Crippen LogP) is 2.81. The summed E-state index contributed by atoms with van der Waals surface area (Å²) in [5, 5.41) is 7.11. The van der Waals surface area contributed by atoms with Gasteiger partial charge in [-0.3, -0.25) is 9.78 Å². The van der Waals surface area contributed by atoms with Gasteiger partial charge in [0.1, 0.15) is 0 Å². The molecule has 0 amide bonds. The molecule has 5 aromatic heterocycles. The lowest BCUT2D eigenvalue weighted by molar-refractivity contribution is 0.679. The Kier molecular flexibility index (Phi) is 3.75. The first-order valence-corrected chi connectivity index (χ1v) is 9.35. The minimum Gasteiger partial charge on any atom is -0.314 e. The number of thiophene rings is 1. The van der Waals surface area contributed by atoms with Gasteiger partial charge < -0.3 is 4.57 Å². The van der Waals surface area contributed by atoms with E-state index in [0.29, 0.717) is 29.0 Å². The summed E-state index contributed by atoms with van der Waals surface area (Å²) in [4.78, 5) is 26.9. The summed E-state index contributed by atoms with van der Waals surface area (Å²) in [6.45, 7) is 0.632. The van der Waals surface area contributed by atoms with Gasteiger partial charge in [0.2, 0.25) is 0 Å². The zero-order valence-corrected chi connectivity index (χ0v) is 15.0. The van der Waals surface area contributed by atoms with Gasteiger partial charge in [-0.1, -0.05) is 6.07 Å². The summed E-state index contributed by atoms with van der Waals surface area (Å²) in [6, 6.07) is 9.68. The maximum absolute atomic E-state index is 12.9. The summed E-state index contributed by atoms with van der Waals surface area (Å²) in [6.07, 6.45) is 7.61. The molecule has 0 unspecified atom stereocenters. The monoisotopic (exact) mass is 374 g/mol. The average molecular weight is 374 g/mol. The Bertz CT molecular complexity index is 1290. The first-order valence-electron chi connectivity index (χ1n) is 8.47. The summed E-state index contributed by atoms with van der Waals surface area (Å²) < 4.78 is 3.34. The molecule has 0 aliphatic heterocycles. The van der Waals surface area contributed by atoms with E-state index in [1.54, 1.807) is 39.0 Å². The SMILES string of the molecule is O=c1c2cnc3nc(-c4ccncc4)nn3c2ccn1CCc1cccs1. The zero-order valence-electron chi connectivity index (χ0n) is 14.2. The highest BCUT2D eigenvalue weighted by atomic mass is 32.1. The van der Waals surface area contributed by atoms with Crippen LogP contribution in [0.5, 0.6) is 0 Å². The van der Waals surface area contributed by atoms with Crippen molar-refractivity contribution < 1.29 is 0 Å². The Labute approximate surface area is 157 Å². The molecule has 5 heterocycles. The molecule has 8 heteroatoms. The van der Waals surface area contributed by atoms with Gasteiger partial charge in [-0.05, 0) is 36.1 Å². The molecule has 0 fully saturated rings. The van der Waals surface area contributed by atoms with Crippen LogP contribution in [0.4, 0.5) is 0 Å². The number of hydrogen-bond acceptors (Lipinski definition) is 6. The van der Waals surface area contributed by atoms with Crippen molar-refractivity contribution in [2.24, 2.45) is 0 Å². The van der Waals surface area contributed by atoms with Gasteiger partial charge in [-0.15, -0.1) is 16.4 Å². The molecular formula is C19H14N6OS. The number of aromatic nitrogens is 6. The Morgan fingerprint density at radius 2 is 2.00 bits per heavy atom. The number of aryl methyl sites for hydroxylation is 2. The Morgan fingerprint density at radius 3 is 2.81 bits per heavy atom. The second-order valence-electron chi connectivity index (χ2n) is 6.08. The molecule has 0 saturated heterocycles. The van der Waals surface area contributed by atoms with Crippen LogP contribution in [0.25, 0.3) is 28.1 Å². The Hall–Kier alpha value is -3.39. The number of fused-ring (bicyclic) bond motifs is 3. The van der Waals surface area contributed by atoms with Crippen molar-refractivity contribution in [2.75, 3.05) is 0 Å². The molecule has 0 bridgehead atoms. The maximum Gasteiger partial charge on any atom is 0.261 e. The lowest BCUT2D eigenvalue weighted by atomic mass is 10.3. The largest absolute Gasteiger partial charge is 0.314 e. The van der Waals surface area contributed by atoms with Crippen LogP contribution < -0.4 is 5.56 Å². The quantitative estimate of drug-likeness (QED) is 0.483. The first kappa shape index (κ1) is 15.8. The maximum atomic E-state index is 12.9. The molecule has 5 aromatic rings. The van der Waals surface area contributed by atoms with E-state index in [4.69, 9.17) is 0 Å². The number of pyridine rings is 2. The molecule has 27 heavy (non-hydrogen) atoms. The summed E-state index contributed by atoms with van der Waals surface area (Å²) >= 11 is 1.70. The lowest BCUT2D eigenvalue weighted by Crippen LogP contribution is -2.21. The van der Waals surface area contributed by atoms with Gasteiger partial charge in [0, 0.05) is 41.8 Å². The van der Waals surface area contributed by atoms with E-state index in [1.807, 2.05) is 35.8 Å². The minimum absolute atomic E-state index is 0.0700. The molecule has 0 spiro atoms. The van der Waals surface area contributed by atoms with E-state index in [9.17, 15) is 4.79 Å².